The third-order valence-corrected chi connectivity index (χ3v) is 5.73. The van der Waals surface area contributed by atoms with Crippen LogP contribution in [0.1, 0.15) is 32.0 Å². The van der Waals surface area contributed by atoms with Gasteiger partial charge in [0.15, 0.2) is 0 Å². The summed E-state index contributed by atoms with van der Waals surface area (Å²) in [6.07, 6.45) is 0.838. The van der Waals surface area contributed by atoms with Gasteiger partial charge in [0.05, 0.1) is 0 Å². The molecule has 1 aromatic heterocycles. The normalized spacial score (nSPS) is 12.5. The molecule has 5 rings (SSSR count). The van der Waals surface area contributed by atoms with Crippen LogP contribution in [-0.4, -0.2) is 23.5 Å². The van der Waals surface area contributed by atoms with Crippen molar-refractivity contribution in [3.63, 3.8) is 0 Å². The van der Waals surface area contributed by atoms with E-state index in [1.807, 2.05) is 24.3 Å². The van der Waals surface area contributed by atoms with Gasteiger partial charge in [-0.15, -0.1) is 0 Å². The number of rotatable bonds is 4. The van der Waals surface area contributed by atoms with Crippen molar-refractivity contribution < 1.29 is 18.5 Å². The van der Waals surface area contributed by atoms with Crippen LogP contribution in [0, 0.1) is 12.7 Å². The lowest BCUT2D eigenvalue weighted by Gasteiger charge is -2.17. The molecule has 0 saturated heterocycles. The van der Waals surface area contributed by atoms with E-state index in [1.54, 1.807) is 48.2 Å². The maximum atomic E-state index is 13.3. The molecule has 2 heterocycles. The van der Waals surface area contributed by atoms with Crippen molar-refractivity contribution in [2.45, 2.75) is 13.3 Å². The molecule has 0 bridgehead atoms. The summed E-state index contributed by atoms with van der Waals surface area (Å²) in [6, 6.07) is 20.3. The fourth-order valence-corrected chi connectivity index (χ4v) is 4.04. The van der Waals surface area contributed by atoms with Gasteiger partial charge in [0.2, 0.25) is 0 Å². The molecule has 0 aliphatic carbocycles. The number of nitrogens with zero attached hydrogens (tertiary/aromatic N) is 2. The first-order valence-electron chi connectivity index (χ1n) is 10.5. The van der Waals surface area contributed by atoms with Crippen LogP contribution in [0.25, 0.3) is 11.3 Å². The van der Waals surface area contributed by atoms with Gasteiger partial charge < -0.3 is 14.7 Å². The van der Waals surface area contributed by atoms with Crippen molar-refractivity contribution in [2.75, 3.05) is 16.8 Å². The van der Waals surface area contributed by atoms with E-state index in [4.69, 9.17) is 4.52 Å². The molecule has 0 spiro atoms. The second-order valence-electron chi connectivity index (χ2n) is 7.84. The standard InChI is InChI=1S/C26H20FN3O3/c1-16-23(24(29-33-16)18-6-10-20(27)11-7-18)25(31)28-21-12-8-19(9-13-21)26(32)30-15-14-17-4-2-3-5-22(17)30/h2-13H,14-15H2,1H3,(H,28,31). The molecule has 33 heavy (non-hydrogen) atoms. The average Bonchev–Trinajstić information content (AvgIpc) is 3.43. The van der Waals surface area contributed by atoms with Crippen molar-refractivity contribution in [3.8, 4) is 11.3 Å². The number of fused-ring (bicyclic) bond motifs is 1. The highest BCUT2D eigenvalue weighted by atomic mass is 19.1. The van der Waals surface area contributed by atoms with E-state index < -0.39 is 5.91 Å². The Balaban J connectivity index is 1.33. The third-order valence-electron chi connectivity index (χ3n) is 5.73. The number of nitrogens with one attached hydrogen (secondary N) is 1. The summed E-state index contributed by atoms with van der Waals surface area (Å²) in [5, 5.41) is 6.79. The Labute approximate surface area is 189 Å². The summed E-state index contributed by atoms with van der Waals surface area (Å²) in [4.78, 5) is 27.7. The zero-order valence-corrected chi connectivity index (χ0v) is 17.8. The molecule has 0 radical (unpaired) electrons. The highest BCUT2D eigenvalue weighted by Crippen LogP contribution is 2.29. The number of carbonyl (C=O) groups excluding carboxylic acids is 2. The summed E-state index contributed by atoms with van der Waals surface area (Å²) in [5.41, 5.74) is 4.36. The topological polar surface area (TPSA) is 75.4 Å². The minimum absolute atomic E-state index is 0.0775. The number of amides is 2. The molecule has 6 nitrogen and oxygen atoms in total. The van der Waals surface area contributed by atoms with E-state index in [0.717, 1.165) is 17.7 Å². The highest BCUT2D eigenvalue weighted by Gasteiger charge is 2.25. The predicted molar refractivity (Wildman–Crippen MR) is 123 cm³/mol. The van der Waals surface area contributed by atoms with Gasteiger partial charge in [-0.3, -0.25) is 9.59 Å². The quantitative estimate of drug-likeness (QED) is 0.470. The smallest absolute Gasteiger partial charge is 0.261 e. The van der Waals surface area contributed by atoms with Crippen LogP contribution in [0.2, 0.25) is 0 Å². The number of carbonyl (C=O) groups is 2. The first kappa shape index (κ1) is 20.6. The van der Waals surface area contributed by atoms with E-state index in [1.165, 1.54) is 12.1 Å². The summed E-state index contributed by atoms with van der Waals surface area (Å²) in [6.45, 7) is 2.29. The molecule has 1 N–H and O–H groups in total. The van der Waals surface area contributed by atoms with Gasteiger partial charge in [0, 0.05) is 29.0 Å². The molecule has 3 aromatic carbocycles. The Kier molecular flexibility index (Phi) is 5.22. The predicted octanol–water partition coefficient (Wildman–Crippen LogP) is 5.24. The zero-order chi connectivity index (χ0) is 22.9. The second kappa shape index (κ2) is 8.35. The molecular formula is C26H20FN3O3. The molecule has 0 fully saturated rings. The molecule has 1 aliphatic heterocycles. The van der Waals surface area contributed by atoms with E-state index >= 15 is 0 Å². The minimum atomic E-state index is -0.402. The summed E-state index contributed by atoms with van der Waals surface area (Å²) in [7, 11) is 0. The largest absolute Gasteiger partial charge is 0.360 e. The van der Waals surface area contributed by atoms with E-state index in [9.17, 15) is 14.0 Å². The fourth-order valence-electron chi connectivity index (χ4n) is 4.04. The van der Waals surface area contributed by atoms with Crippen molar-refractivity contribution in [1.29, 1.82) is 0 Å². The SMILES string of the molecule is Cc1onc(-c2ccc(F)cc2)c1C(=O)Nc1ccc(C(=O)N2CCc3ccccc32)cc1. The lowest BCUT2D eigenvalue weighted by atomic mass is 10.1. The minimum Gasteiger partial charge on any atom is -0.360 e. The van der Waals surface area contributed by atoms with Crippen LogP contribution in [0.4, 0.5) is 15.8 Å². The van der Waals surface area contributed by atoms with E-state index in [-0.39, 0.29) is 17.3 Å². The first-order valence-corrected chi connectivity index (χ1v) is 10.5. The van der Waals surface area contributed by atoms with Crippen LogP contribution < -0.4 is 10.2 Å². The number of aromatic nitrogens is 1. The monoisotopic (exact) mass is 441 g/mol. The van der Waals surface area contributed by atoms with Crippen molar-refractivity contribution in [3.05, 3.63) is 101 Å². The molecular weight excluding hydrogens is 421 g/mol. The van der Waals surface area contributed by atoms with Gasteiger partial charge in [0.1, 0.15) is 22.8 Å². The van der Waals surface area contributed by atoms with Gasteiger partial charge in [0.25, 0.3) is 11.8 Å². The Bertz CT molecular complexity index is 1340. The lowest BCUT2D eigenvalue weighted by molar-refractivity contribution is 0.0988. The average molecular weight is 441 g/mol. The maximum Gasteiger partial charge on any atom is 0.261 e. The zero-order valence-electron chi connectivity index (χ0n) is 17.8. The molecule has 0 atom stereocenters. The summed E-state index contributed by atoms with van der Waals surface area (Å²) >= 11 is 0. The van der Waals surface area contributed by atoms with Gasteiger partial charge in [-0.25, -0.2) is 4.39 Å². The first-order chi connectivity index (χ1) is 16.0. The van der Waals surface area contributed by atoms with Gasteiger partial charge in [-0.2, -0.15) is 0 Å². The maximum absolute atomic E-state index is 13.3. The molecule has 2 amide bonds. The van der Waals surface area contributed by atoms with Crippen LogP contribution in [-0.2, 0) is 6.42 Å². The summed E-state index contributed by atoms with van der Waals surface area (Å²) in [5.74, 6) is -0.504. The molecule has 7 heteroatoms. The van der Waals surface area contributed by atoms with Crippen molar-refractivity contribution >= 4 is 23.2 Å². The number of benzene rings is 3. The summed E-state index contributed by atoms with van der Waals surface area (Å²) < 4.78 is 18.5. The number of halogens is 1. The van der Waals surface area contributed by atoms with E-state index in [0.29, 0.717) is 34.8 Å². The third kappa shape index (κ3) is 3.89. The molecule has 4 aromatic rings. The van der Waals surface area contributed by atoms with Crippen LogP contribution in [0.15, 0.2) is 77.3 Å². The van der Waals surface area contributed by atoms with Gasteiger partial charge in [-0.05, 0) is 73.5 Å². The van der Waals surface area contributed by atoms with Crippen LogP contribution in [0.5, 0.6) is 0 Å². The molecule has 0 saturated carbocycles. The van der Waals surface area contributed by atoms with Crippen LogP contribution in [0.3, 0.4) is 0 Å². The van der Waals surface area contributed by atoms with Crippen molar-refractivity contribution in [1.82, 2.24) is 5.16 Å². The molecule has 1 aliphatic rings. The van der Waals surface area contributed by atoms with E-state index in [2.05, 4.69) is 10.5 Å². The van der Waals surface area contributed by atoms with Gasteiger partial charge >= 0.3 is 0 Å². The number of aryl methyl sites for hydroxylation is 1. The van der Waals surface area contributed by atoms with Gasteiger partial charge in [-0.1, -0.05) is 23.4 Å². The number of anilines is 2. The molecule has 164 valence electrons. The molecule has 0 unspecified atom stereocenters. The lowest BCUT2D eigenvalue weighted by Crippen LogP contribution is -2.28. The fraction of sp³-hybridized carbons (Fsp3) is 0.115. The number of hydrogen-bond acceptors (Lipinski definition) is 4. The van der Waals surface area contributed by atoms with Crippen LogP contribution >= 0.6 is 0 Å². The Morgan fingerprint density at radius 2 is 1.73 bits per heavy atom. The Morgan fingerprint density at radius 1 is 1.00 bits per heavy atom. The number of hydrogen-bond donors (Lipinski definition) is 1. The second-order valence-corrected chi connectivity index (χ2v) is 7.84. The Morgan fingerprint density at radius 3 is 2.48 bits per heavy atom. The highest BCUT2D eigenvalue weighted by molar-refractivity contribution is 6.10. The van der Waals surface area contributed by atoms with Crippen molar-refractivity contribution in [2.24, 2.45) is 0 Å². The Hall–Kier alpha value is -4.26. The number of para-hydroxylation sites is 1.